The summed E-state index contributed by atoms with van der Waals surface area (Å²) in [6, 6.07) is 10.6. The van der Waals surface area contributed by atoms with Crippen molar-refractivity contribution in [2.75, 3.05) is 12.0 Å². The van der Waals surface area contributed by atoms with E-state index in [0.717, 1.165) is 6.07 Å². The molecule has 2 aromatic carbocycles. The van der Waals surface area contributed by atoms with Gasteiger partial charge in [0.05, 0.1) is 15.5 Å². The minimum absolute atomic E-state index is 0.00488. The molecule has 9 nitrogen and oxygen atoms in total. The summed E-state index contributed by atoms with van der Waals surface area (Å²) in [5, 5.41) is 13.7. The van der Waals surface area contributed by atoms with Crippen molar-refractivity contribution in [3.05, 3.63) is 74.8 Å². The number of halogens is 1. The molecular formula is C19H19ClN4O5S. The highest BCUT2D eigenvalue weighted by Gasteiger charge is 2.23. The van der Waals surface area contributed by atoms with Crippen molar-refractivity contribution in [1.82, 2.24) is 16.2 Å². The van der Waals surface area contributed by atoms with Crippen molar-refractivity contribution < 1.29 is 19.3 Å². The lowest BCUT2D eigenvalue weighted by atomic mass is 10.1. The van der Waals surface area contributed by atoms with Crippen molar-refractivity contribution in [2.45, 2.75) is 12.5 Å². The van der Waals surface area contributed by atoms with Crippen LogP contribution in [0.15, 0.2) is 48.5 Å². The van der Waals surface area contributed by atoms with Gasteiger partial charge in [0.25, 0.3) is 23.4 Å². The summed E-state index contributed by atoms with van der Waals surface area (Å²) >= 11 is 7.51. The van der Waals surface area contributed by atoms with Gasteiger partial charge in [-0.15, -0.1) is 0 Å². The van der Waals surface area contributed by atoms with Crippen molar-refractivity contribution in [3.8, 4) is 0 Å². The summed E-state index contributed by atoms with van der Waals surface area (Å²) in [5.41, 5.74) is 4.42. The molecule has 0 radical (unpaired) electrons. The molecule has 0 heterocycles. The Morgan fingerprint density at radius 3 is 2.50 bits per heavy atom. The van der Waals surface area contributed by atoms with E-state index in [1.54, 1.807) is 18.2 Å². The zero-order valence-electron chi connectivity index (χ0n) is 15.9. The third kappa shape index (κ3) is 6.46. The summed E-state index contributed by atoms with van der Waals surface area (Å²) in [6.07, 6.45) is 2.17. The Hall–Kier alpha value is -3.11. The Kier molecular flexibility index (Phi) is 8.63. The number of hydrazine groups is 1. The van der Waals surface area contributed by atoms with E-state index in [2.05, 4.69) is 16.2 Å². The number of amides is 3. The van der Waals surface area contributed by atoms with Crippen LogP contribution in [0.4, 0.5) is 5.69 Å². The first-order chi connectivity index (χ1) is 14.3. The van der Waals surface area contributed by atoms with Crippen LogP contribution in [0, 0.1) is 10.1 Å². The molecule has 11 heteroatoms. The molecular weight excluding hydrogens is 432 g/mol. The molecule has 2 rings (SSSR count). The number of hydrogen-bond donors (Lipinski definition) is 3. The van der Waals surface area contributed by atoms with Crippen molar-refractivity contribution in [3.63, 3.8) is 0 Å². The second kappa shape index (κ2) is 11.2. The third-order valence-electron chi connectivity index (χ3n) is 3.97. The molecule has 3 amide bonds. The molecule has 0 saturated heterocycles. The van der Waals surface area contributed by atoms with Crippen LogP contribution in [0.1, 0.15) is 27.1 Å². The molecule has 1 atom stereocenters. The van der Waals surface area contributed by atoms with Crippen LogP contribution in [0.2, 0.25) is 5.02 Å². The van der Waals surface area contributed by atoms with E-state index in [4.69, 9.17) is 11.6 Å². The van der Waals surface area contributed by atoms with E-state index < -0.39 is 28.7 Å². The Morgan fingerprint density at radius 2 is 1.83 bits per heavy atom. The average Bonchev–Trinajstić information content (AvgIpc) is 2.74. The minimum atomic E-state index is -0.924. The maximum Gasteiger partial charge on any atom is 0.270 e. The summed E-state index contributed by atoms with van der Waals surface area (Å²) in [4.78, 5) is 47.4. The van der Waals surface area contributed by atoms with Crippen LogP contribution in [-0.2, 0) is 4.79 Å². The smallest absolute Gasteiger partial charge is 0.270 e. The normalized spacial score (nSPS) is 11.3. The minimum Gasteiger partial charge on any atom is -0.340 e. The largest absolute Gasteiger partial charge is 0.340 e. The van der Waals surface area contributed by atoms with E-state index in [-0.39, 0.29) is 21.8 Å². The van der Waals surface area contributed by atoms with Crippen molar-refractivity contribution >= 4 is 46.8 Å². The average molecular weight is 451 g/mol. The summed E-state index contributed by atoms with van der Waals surface area (Å²) < 4.78 is 0. The number of carbonyl (C=O) groups is 3. The Balaban J connectivity index is 2.03. The molecule has 0 aliphatic heterocycles. The molecule has 1 unspecified atom stereocenters. The van der Waals surface area contributed by atoms with Gasteiger partial charge in [0.2, 0.25) is 0 Å². The molecule has 0 aliphatic carbocycles. The molecule has 0 bridgehead atoms. The maximum atomic E-state index is 12.5. The maximum absolute atomic E-state index is 12.5. The van der Waals surface area contributed by atoms with Crippen LogP contribution in [-0.4, -0.2) is 40.7 Å². The summed E-state index contributed by atoms with van der Waals surface area (Å²) in [7, 11) is 0. The number of nitro groups is 1. The third-order valence-corrected chi connectivity index (χ3v) is 4.94. The highest BCUT2D eigenvalue weighted by molar-refractivity contribution is 7.98. The van der Waals surface area contributed by atoms with E-state index in [1.165, 1.54) is 36.0 Å². The molecule has 0 aromatic heterocycles. The fourth-order valence-corrected chi connectivity index (χ4v) is 3.12. The van der Waals surface area contributed by atoms with Gasteiger partial charge in [0.15, 0.2) is 0 Å². The molecule has 30 heavy (non-hydrogen) atoms. The van der Waals surface area contributed by atoms with Crippen LogP contribution >= 0.6 is 23.4 Å². The molecule has 158 valence electrons. The monoisotopic (exact) mass is 450 g/mol. The first-order valence-corrected chi connectivity index (χ1v) is 10.5. The van der Waals surface area contributed by atoms with Gasteiger partial charge >= 0.3 is 0 Å². The van der Waals surface area contributed by atoms with Crippen LogP contribution in [0.5, 0.6) is 0 Å². The number of nitrogens with zero attached hydrogens (tertiary/aromatic N) is 1. The van der Waals surface area contributed by atoms with Gasteiger partial charge in [-0.05, 0) is 36.6 Å². The van der Waals surface area contributed by atoms with E-state index in [0.29, 0.717) is 12.2 Å². The van der Waals surface area contributed by atoms with Crippen LogP contribution in [0.25, 0.3) is 0 Å². The highest BCUT2D eigenvalue weighted by Crippen LogP contribution is 2.15. The van der Waals surface area contributed by atoms with E-state index in [9.17, 15) is 24.5 Å². The van der Waals surface area contributed by atoms with Crippen molar-refractivity contribution in [2.24, 2.45) is 0 Å². The van der Waals surface area contributed by atoms with Gasteiger partial charge in [-0.2, -0.15) is 11.8 Å². The zero-order chi connectivity index (χ0) is 22.1. The Bertz CT molecular complexity index is 956. The Morgan fingerprint density at radius 1 is 1.10 bits per heavy atom. The van der Waals surface area contributed by atoms with Gasteiger partial charge in [0.1, 0.15) is 6.04 Å². The second-order valence-electron chi connectivity index (χ2n) is 6.04. The molecule has 0 saturated carbocycles. The number of nitro benzene ring substituents is 1. The number of carbonyl (C=O) groups excluding carboxylic acids is 3. The predicted molar refractivity (Wildman–Crippen MR) is 114 cm³/mol. The highest BCUT2D eigenvalue weighted by atomic mass is 35.5. The molecule has 3 N–H and O–H groups in total. The molecule has 0 aliphatic rings. The molecule has 0 spiro atoms. The fraction of sp³-hybridized carbons (Fsp3) is 0.211. The Labute approximate surface area is 181 Å². The molecule has 0 fully saturated rings. The quantitative estimate of drug-likeness (QED) is 0.418. The number of hydrogen-bond acceptors (Lipinski definition) is 6. The number of rotatable bonds is 8. The zero-order valence-corrected chi connectivity index (χ0v) is 17.5. The van der Waals surface area contributed by atoms with E-state index in [1.807, 2.05) is 6.26 Å². The summed E-state index contributed by atoms with van der Waals surface area (Å²) in [6.45, 7) is 0. The summed E-state index contributed by atoms with van der Waals surface area (Å²) in [5.74, 6) is -1.30. The SMILES string of the molecule is CSCCC(NC(=O)c1ccccc1Cl)C(=O)NNC(=O)c1cccc([N+](=O)[O-])c1. The van der Waals surface area contributed by atoms with Crippen molar-refractivity contribution in [1.29, 1.82) is 0 Å². The standard InChI is InChI=1S/C19H19ClN4O5S/c1-30-10-9-16(21-18(26)14-7-2-3-8-15(14)20)19(27)23-22-17(25)12-5-4-6-13(11-12)24(28)29/h2-8,11,16H,9-10H2,1H3,(H,21,26)(H,22,25)(H,23,27). The lowest BCUT2D eigenvalue weighted by Crippen LogP contribution is -2.52. The topological polar surface area (TPSA) is 130 Å². The van der Waals surface area contributed by atoms with Gasteiger partial charge in [0, 0.05) is 17.7 Å². The number of benzene rings is 2. The second-order valence-corrected chi connectivity index (χ2v) is 7.43. The van der Waals surface area contributed by atoms with Gasteiger partial charge < -0.3 is 5.32 Å². The predicted octanol–water partition coefficient (Wildman–Crippen LogP) is 2.56. The number of thioether (sulfide) groups is 1. The number of nitrogens with one attached hydrogen (secondary N) is 3. The van der Waals surface area contributed by atoms with Crippen LogP contribution < -0.4 is 16.2 Å². The van der Waals surface area contributed by atoms with Gasteiger partial charge in [-0.3, -0.25) is 35.3 Å². The lowest BCUT2D eigenvalue weighted by molar-refractivity contribution is -0.384. The van der Waals surface area contributed by atoms with Gasteiger partial charge in [-0.25, -0.2) is 0 Å². The number of non-ortho nitro benzene ring substituents is 1. The van der Waals surface area contributed by atoms with E-state index >= 15 is 0 Å². The first-order valence-electron chi connectivity index (χ1n) is 8.72. The van der Waals surface area contributed by atoms with Gasteiger partial charge in [-0.1, -0.05) is 29.8 Å². The fourth-order valence-electron chi connectivity index (χ4n) is 2.42. The lowest BCUT2D eigenvalue weighted by Gasteiger charge is -2.19. The molecule has 2 aromatic rings. The van der Waals surface area contributed by atoms with Crippen LogP contribution in [0.3, 0.4) is 0 Å². The first kappa shape index (κ1) is 23.2.